The van der Waals surface area contributed by atoms with E-state index in [4.69, 9.17) is 0 Å². The van der Waals surface area contributed by atoms with Crippen molar-refractivity contribution in [1.82, 2.24) is 0 Å². The number of fused-ring (bicyclic) bond motifs is 2. The summed E-state index contributed by atoms with van der Waals surface area (Å²) >= 11 is 1.88. The number of hydrogen-bond acceptors (Lipinski definition) is 0. The van der Waals surface area contributed by atoms with Gasteiger partial charge in [-0.25, -0.2) is 0 Å². The maximum atomic E-state index is 2.34. The fraction of sp³-hybridized carbons (Fsp3) is 0.278. The molecule has 0 atom stereocenters. The Labute approximate surface area is 118 Å². The Morgan fingerprint density at radius 2 is 1.42 bits per heavy atom. The highest BCUT2D eigenvalue weighted by Crippen LogP contribution is 2.32. The minimum Gasteiger partial charge on any atom is -0.0561 e. The Morgan fingerprint density at radius 3 is 2.11 bits per heavy atom. The summed E-state index contributed by atoms with van der Waals surface area (Å²) in [6.07, 6.45) is 0. The van der Waals surface area contributed by atoms with Crippen LogP contribution in [-0.4, -0.2) is 0 Å². The van der Waals surface area contributed by atoms with E-state index in [0.717, 1.165) is 0 Å². The van der Waals surface area contributed by atoms with Gasteiger partial charge in [-0.05, 0) is 36.1 Å². The van der Waals surface area contributed by atoms with Gasteiger partial charge < -0.3 is 0 Å². The van der Waals surface area contributed by atoms with E-state index >= 15 is 0 Å². The van der Waals surface area contributed by atoms with E-state index in [0.29, 0.717) is 0 Å². The highest BCUT2D eigenvalue weighted by Gasteiger charge is 2.17. The van der Waals surface area contributed by atoms with E-state index in [-0.39, 0.29) is 5.41 Å². The molecule has 0 nitrogen and oxygen atoms in total. The fourth-order valence-electron chi connectivity index (χ4n) is 2.38. The van der Waals surface area contributed by atoms with Gasteiger partial charge in [-0.15, -0.1) is 0 Å². The molecule has 0 radical (unpaired) electrons. The molecular weight excluding hydrogens is 248 g/mol. The summed E-state index contributed by atoms with van der Waals surface area (Å²) in [5, 5.41) is 2.71. The molecule has 1 heteroatoms. The van der Waals surface area contributed by atoms with Crippen molar-refractivity contribution in [3.63, 3.8) is 0 Å². The molecule has 0 saturated carbocycles. The third-order valence-electron chi connectivity index (χ3n) is 3.57. The Kier molecular flexibility index (Phi) is 2.83. The molecule has 0 fully saturated rings. The summed E-state index contributed by atoms with van der Waals surface area (Å²) < 4.78 is 2.73. The topological polar surface area (TPSA) is 0 Å². The van der Waals surface area contributed by atoms with Crippen molar-refractivity contribution in [2.24, 2.45) is 0 Å². The molecule has 0 unspecified atom stereocenters. The van der Waals surface area contributed by atoms with Crippen LogP contribution in [0.15, 0.2) is 42.5 Å². The van der Waals surface area contributed by atoms with Crippen molar-refractivity contribution in [2.45, 2.75) is 33.1 Å². The molecule has 0 amide bonds. The first kappa shape index (κ1) is 12.6. The minimum atomic E-state index is 0.209. The van der Waals surface area contributed by atoms with E-state index in [1.54, 1.807) is 0 Å². The fourth-order valence-corrected chi connectivity index (χ4v) is 3.36. The van der Waals surface area contributed by atoms with Crippen LogP contribution < -0.4 is 0 Å². The Hall–Kier alpha value is -1.47. The van der Waals surface area contributed by atoms with Crippen LogP contribution in [0.5, 0.6) is 0 Å². The first-order valence-electron chi connectivity index (χ1n) is 6.71. The summed E-state index contributed by atoms with van der Waals surface area (Å²) in [7, 11) is 0. The Morgan fingerprint density at radius 1 is 0.789 bits per heavy atom. The maximum absolute atomic E-state index is 2.34. The highest BCUT2D eigenvalue weighted by molar-refractivity contribution is 7.24. The monoisotopic (exact) mass is 267 g/mol. The van der Waals surface area contributed by atoms with E-state index in [9.17, 15) is 0 Å². The van der Waals surface area contributed by atoms with Gasteiger partial charge in [-0.2, -0.15) is 0 Å². The zero-order valence-electron chi connectivity index (χ0n) is 11.9. The van der Waals surface area contributed by atoms with Crippen molar-refractivity contribution in [1.29, 1.82) is 0 Å². The second-order valence-electron chi connectivity index (χ2n) is 6.29. The van der Waals surface area contributed by atoms with Gasteiger partial charge in [0, 0.05) is 22.9 Å². The van der Waals surface area contributed by atoms with Gasteiger partial charge in [-0.1, -0.05) is 38.5 Å². The van der Waals surface area contributed by atoms with Gasteiger partial charge in [0.05, 0.1) is 0 Å². The molecule has 1 heterocycles. The standard InChI is InChI=1S/C18H19S/c1-12-5-7-16-13(9-12)10-14-11-15(18(2,3)4)6-8-17(14)19-16/h5-11H,1-4H3/q+1. The quantitative estimate of drug-likeness (QED) is 0.349. The van der Waals surface area contributed by atoms with E-state index in [1.165, 1.54) is 31.3 Å². The number of rotatable bonds is 0. The van der Waals surface area contributed by atoms with Crippen LogP contribution in [-0.2, 0) is 5.41 Å². The lowest BCUT2D eigenvalue weighted by Crippen LogP contribution is -2.10. The third-order valence-corrected chi connectivity index (χ3v) is 4.76. The minimum absolute atomic E-state index is 0.209. The number of hydrogen-bond donors (Lipinski definition) is 0. The predicted molar refractivity (Wildman–Crippen MR) is 87.2 cm³/mol. The second-order valence-corrected chi connectivity index (χ2v) is 7.37. The van der Waals surface area contributed by atoms with Crippen molar-refractivity contribution in [2.75, 3.05) is 0 Å². The summed E-state index contributed by atoms with van der Waals surface area (Å²) in [5.74, 6) is 0. The number of benzene rings is 2. The van der Waals surface area contributed by atoms with Crippen LogP contribution >= 0.6 is 11.3 Å². The normalized spacial score (nSPS) is 12.2. The van der Waals surface area contributed by atoms with E-state index < -0.39 is 0 Å². The molecule has 0 bridgehead atoms. The average molecular weight is 267 g/mol. The van der Waals surface area contributed by atoms with Gasteiger partial charge in [0.15, 0.2) is 0 Å². The lowest BCUT2D eigenvalue weighted by molar-refractivity contribution is 0.591. The summed E-state index contributed by atoms with van der Waals surface area (Å²) in [6, 6.07) is 15.9. The van der Waals surface area contributed by atoms with Crippen LogP contribution in [0.25, 0.3) is 20.2 Å². The SMILES string of the molecule is Cc1ccc2[s+]c3ccc(C(C)(C)C)cc3cc2c1. The molecule has 1 aromatic heterocycles. The number of aryl methyl sites for hydroxylation is 1. The Balaban J connectivity index is 2.30. The van der Waals surface area contributed by atoms with E-state index in [2.05, 4.69) is 70.2 Å². The molecule has 96 valence electrons. The largest absolute Gasteiger partial charge is 0.238 e. The average Bonchev–Trinajstić information content (AvgIpc) is 2.34. The second kappa shape index (κ2) is 4.28. The molecular formula is C18H19S+. The molecule has 0 aliphatic heterocycles. The van der Waals surface area contributed by atoms with E-state index in [1.807, 2.05) is 11.3 Å². The van der Waals surface area contributed by atoms with Crippen LogP contribution in [0.4, 0.5) is 0 Å². The van der Waals surface area contributed by atoms with Crippen molar-refractivity contribution < 1.29 is 0 Å². The zero-order chi connectivity index (χ0) is 13.6. The summed E-state index contributed by atoms with van der Waals surface area (Å²) in [5.41, 5.74) is 2.94. The molecule has 0 saturated heterocycles. The molecule has 0 N–H and O–H groups in total. The van der Waals surface area contributed by atoms with Crippen LogP contribution in [0.3, 0.4) is 0 Å². The zero-order valence-corrected chi connectivity index (χ0v) is 12.8. The molecule has 0 aliphatic rings. The highest BCUT2D eigenvalue weighted by atomic mass is 32.1. The summed E-state index contributed by atoms with van der Waals surface area (Å²) in [4.78, 5) is 0. The Bertz CT molecular complexity index is 764. The van der Waals surface area contributed by atoms with Crippen molar-refractivity contribution >= 4 is 31.5 Å². The van der Waals surface area contributed by atoms with Crippen LogP contribution in [0.1, 0.15) is 31.9 Å². The summed E-state index contributed by atoms with van der Waals surface area (Å²) in [6.45, 7) is 8.95. The van der Waals surface area contributed by atoms with Crippen LogP contribution in [0, 0.1) is 6.92 Å². The smallest absolute Gasteiger partial charge is 0.0561 e. The molecule has 3 rings (SSSR count). The molecule has 2 aromatic carbocycles. The van der Waals surface area contributed by atoms with Gasteiger partial charge in [0.2, 0.25) is 20.7 Å². The molecule has 19 heavy (non-hydrogen) atoms. The maximum Gasteiger partial charge on any atom is 0.238 e. The third kappa shape index (κ3) is 2.35. The first-order valence-corrected chi connectivity index (χ1v) is 7.53. The van der Waals surface area contributed by atoms with Crippen LogP contribution in [0.2, 0.25) is 0 Å². The van der Waals surface area contributed by atoms with Gasteiger partial charge in [0.25, 0.3) is 0 Å². The first-order chi connectivity index (χ1) is 8.93. The lowest BCUT2D eigenvalue weighted by atomic mass is 9.86. The van der Waals surface area contributed by atoms with Gasteiger partial charge in [-0.3, -0.25) is 0 Å². The molecule has 0 aliphatic carbocycles. The molecule has 3 aromatic rings. The van der Waals surface area contributed by atoms with Crippen molar-refractivity contribution in [3.05, 3.63) is 53.6 Å². The lowest BCUT2D eigenvalue weighted by Gasteiger charge is -2.18. The van der Waals surface area contributed by atoms with Gasteiger partial charge in [0.1, 0.15) is 0 Å². The predicted octanol–water partition coefficient (Wildman–Crippen LogP) is 5.94. The van der Waals surface area contributed by atoms with Gasteiger partial charge >= 0.3 is 0 Å². The van der Waals surface area contributed by atoms with Crippen molar-refractivity contribution in [3.8, 4) is 0 Å². The molecule has 0 spiro atoms.